The van der Waals surface area contributed by atoms with Crippen molar-refractivity contribution in [2.75, 3.05) is 12.4 Å². The zero-order valence-electron chi connectivity index (χ0n) is 17.5. The van der Waals surface area contributed by atoms with Crippen molar-refractivity contribution >= 4 is 23.6 Å². The Balaban J connectivity index is 2.23. The number of nitrogens with zero attached hydrogens (tertiary/aromatic N) is 1. The van der Waals surface area contributed by atoms with Gasteiger partial charge >= 0.3 is 5.97 Å². The van der Waals surface area contributed by atoms with Crippen LogP contribution in [0.4, 0.5) is 0 Å². The molecule has 0 aliphatic carbocycles. The predicted molar refractivity (Wildman–Crippen MR) is 112 cm³/mol. The Morgan fingerprint density at radius 2 is 1.85 bits per heavy atom. The molecule has 0 radical (unpaired) electrons. The monoisotopic (exact) mass is 391 g/mol. The number of rotatable bonds is 6. The van der Waals surface area contributed by atoms with Crippen molar-refractivity contribution in [3.8, 4) is 0 Å². The molecule has 150 valence electrons. The van der Waals surface area contributed by atoms with Crippen molar-refractivity contribution in [2.45, 2.75) is 71.2 Å². The fourth-order valence-electron chi connectivity index (χ4n) is 3.16. The number of carbonyl (C=O) groups excluding carboxylic acids is 2. The van der Waals surface area contributed by atoms with E-state index >= 15 is 0 Å². The number of hydrogen-bond acceptors (Lipinski definition) is 4. The van der Waals surface area contributed by atoms with Gasteiger partial charge in [0.05, 0.1) is 12.0 Å². The van der Waals surface area contributed by atoms with Crippen LogP contribution in [0.1, 0.15) is 70.3 Å². The molecule has 1 fully saturated rings. The second-order valence-corrected chi connectivity index (χ2v) is 9.69. The summed E-state index contributed by atoms with van der Waals surface area (Å²) in [4.78, 5) is 27.6. The summed E-state index contributed by atoms with van der Waals surface area (Å²) in [5.74, 6) is 0.496. The van der Waals surface area contributed by atoms with Gasteiger partial charge in [-0.05, 0) is 35.4 Å². The van der Waals surface area contributed by atoms with Crippen molar-refractivity contribution in [2.24, 2.45) is 5.92 Å². The third kappa shape index (κ3) is 5.28. The number of benzene rings is 1. The highest BCUT2D eigenvalue weighted by atomic mass is 32.2. The molecule has 4 nitrogen and oxygen atoms in total. The zero-order valence-corrected chi connectivity index (χ0v) is 18.3. The Hall–Kier alpha value is -1.49. The van der Waals surface area contributed by atoms with Crippen molar-refractivity contribution < 1.29 is 14.3 Å². The number of amides is 1. The Bertz CT molecular complexity index is 649. The van der Waals surface area contributed by atoms with E-state index in [0.717, 1.165) is 12.8 Å². The summed E-state index contributed by atoms with van der Waals surface area (Å²) in [5.41, 5.74) is 1.85. The van der Waals surface area contributed by atoms with Gasteiger partial charge < -0.3 is 9.64 Å². The second kappa shape index (κ2) is 9.13. The van der Waals surface area contributed by atoms with Crippen molar-refractivity contribution in [3.05, 3.63) is 35.4 Å². The summed E-state index contributed by atoms with van der Waals surface area (Å²) in [6.45, 7) is 13.1. The van der Waals surface area contributed by atoms with Crippen LogP contribution in [0, 0.1) is 5.92 Å². The number of carbonyl (C=O) groups is 2. The van der Waals surface area contributed by atoms with E-state index in [9.17, 15) is 9.59 Å². The molecule has 1 aliphatic rings. The van der Waals surface area contributed by atoms with Crippen LogP contribution in [0.25, 0.3) is 0 Å². The average Bonchev–Trinajstić information content (AvgIpc) is 3.06. The Labute approximate surface area is 168 Å². The minimum absolute atomic E-state index is 0.0106. The number of unbranched alkanes of at least 4 members (excludes halogenated alkanes) is 1. The van der Waals surface area contributed by atoms with Crippen LogP contribution in [0.3, 0.4) is 0 Å². The minimum atomic E-state index is -0.506. The summed E-state index contributed by atoms with van der Waals surface area (Å²) in [6.07, 6.45) is 1.82. The van der Waals surface area contributed by atoms with E-state index in [-0.39, 0.29) is 28.6 Å². The molecule has 2 rings (SSSR count). The fourth-order valence-corrected chi connectivity index (χ4v) is 4.62. The summed E-state index contributed by atoms with van der Waals surface area (Å²) < 4.78 is 5.43. The highest BCUT2D eigenvalue weighted by molar-refractivity contribution is 8.00. The van der Waals surface area contributed by atoms with Crippen LogP contribution in [-0.2, 0) is 14.9 Å². The van der Waals surface area contributed by atoms with Gasteiger partial charge in [-0.1, -0.05) is 60.1 Å². The Morgan fingerprint density at radius 3 is 2.37 bits per heavy atom. The fraction of sp³-hybridized carbons (Fsp3) is 0.636. The first-order chi connectivity index (χ1) is 12.7. The van der Waals surface area contributed by atoms with E-state index in [2.05, 4.69) is 41.5 Å². The van der Waals surface area contributed by atoms with E-state index < -0.39 is 6.04 Å². The lowest BCUT2D eigenvalue weighted by atomic mass is 9.86. The molecule has 5 heteroatoms. The topological polar surface area (TPSA) is 46.6 Å². The highest BCUT2D eigenvalue weighted by Crippen LogP contribution is 2.36. The smallest absolute Gasteiger partial charge is 0.329 e. The van der Waals surface area contributed by atoms with E-state index in [0.29, 0.717) is 17.9 Å². The normalized spacial score (nSPS) is 20.2. The maximum atomic E-state index is 13.3. The molecule has 0 spiro atoms. The van der Waals surface area contributed by atoms with Gasteiger partial charge in [-0.3, -0.25) is 4.79 Å². The van der Waals surface area contributed by atoms with E-state index in [1.54, 1.807) is 16.7 Å². The maximum absolute atomic E-state index is 13.3. The summed E-state index contributed by atoms with van der Waals surface area (Å²) in [6, 6.07) is 7.27. The zero-order chi connectivity index (χ0) is 20.2. The van der Waals surface area contributed by atoms with Gasteiger partial charge in [-0.15, -0.1) is 11.8 Å². The van der Waals surface area contributed by atoms with Gasteiger partial charge in [0.1, 0.15) is 6.04 Å². The predicted octanol–water partition coefficient (Wildman–Crippen LogP) is 4.87. The standard InChI is InChI=1S/C22H33NO3S/c1-7-8-13-26-21(25)18-14-27-20(15(2)3)23(18)19(24)16-9-11-17(12-10-16)22(4,5)6/h9-12,15,18,20H,7-8,13-14H2,1-6H3/t18-,20-/m1/s1. The van der Waals surface area contributed by atoms with Crippen LogP contribution in [-0.4, -0.2) is 40.6 Å². The number of esters is 1. The van der Waals surface area contributed by atoms with Crippen molar-refractivity contribution in [3.63, 3.8) is 0 Å². The molecule has 0 bridgehead atoms. The second-order valence-electron chi connectivity index (χ2n) is 8.54. The van der Waals surface area contributed by atoms with Gasteiger partial charge in [0.2, 0.25) is 0 Å². The highest BCUT2D eigenvalue weighted by Gasteiger charge is 2.43. The number of thioether (sulfide) groups is 1. The molecule has 27 heavy (non-hydrogen) atoms. The molecule has 1 heterocycles. The average molecular weight is 392 g/mol. The van der Waals surface area contributed by atoms with Crippen LogP contribution < -0.4 is 0 Å². The molecule has 0 N–H and O–H groups in total. The van der Waals surface area contributed by atoms with E-state index in [1.165, 1.54) is 5.56 Å². The summed E-state index contributed by atoms with van der Waals surface area (Å²) in [7, 11) is 0. The molecule has 0 aromatic heterocycles. The van der Waals surface area contributed by atoms with Gasteiger partial charge in [-0.25, -0.2) is 4.79 Å². The third-order valence-corrected chi connectivity index (χ3v) is 6.47. The van der Waals surface area contributed by atoms with Crippen LogP contribution >= 0.6 is 11.8 Å². The number of hydrogen-bond donors (Lipinski definition) is 0. The quantitative estimate of drug-likeness (QED) is 0.513. The van der Waals surface area contributed by atoms with Gasteiger partial charge in [0.25, 0.3) is 5.91 Å². The van der Waals surface area contributed by atoms with Gasteiger partial charge in [0, 0.05) is 11.3 Å². The van der Waals surface area contributed by atoms with Gasteiger partial charge in [0.15, 0.2) is 0 Å². The lowest BCUT2D eigenvalue weighted by molar-refractivity contribution is -0.148. The Morgan fingerprint density at radius 1 is 1.22 bits per heavy atom. The first kappa shape index (κ1) is 21.8. The third-order valence-electron chi connectivity index (χ3n) is 4.85. The molecule has 0 saturated carbocycles. The van der Waals surface area contributed by atoms with E-state index in [4.69, 9.17) is 4.74 Å². The van der Waals surface area contributed by atoms with Crippen LogP contribution in [0.5, 0.6) is 0 Å². The first-order valence-corrected chi connectivity index (χ1v) is 10.9. The minimum Gasteiger partial charge on any atom is -0.464 e. The van der Waals surface area contributed by atoms with Crippen molar-refractivity contribution in [1.82, 2.24) is 4.90 Å². The van der Waals surface area contributed by atoms with E-state index in [1.807, 2.05) is 24.3 Å². The molecular formula is C22H33NO3S. The van der Waals surface area contributed by atoms with Crippen LogP contribution in [0.2, 0.25) is 0 Å². The largest absolute Gasteiger partial charge is 0.464 e. The SMILES string of the molecule is CCCCOC(=O)[C@H]1CS[C@H](C(C)C)N1C(=O)c1ccc(C(C)(C)C)cc1. The molecule has 2 atom stereocenters. The Kier molecular flexibility index (Phi) is 7.38. The molecule has 1 saturated heterocycles. The molecular weight excluding hydrogens is 358 g/mol. The molecule has 0 unspecified atom stereocenters. The lowest BCUT2D eigenvalue weighted by Crippen LogP contribution is -2.47. The number of ether oxygens (including phenoxy) is 1. The summed E-state index contributed by atoms with van der Waals surface area (Å²) in [5, 5.41) is -0.0106. The van der Waals surface area contributed by atoms with Crippen LogP contribution in [0.15, 0.2) is 24.3 Å². The molecule has 1 aliphatic heterocycles. The molecule has 1 aromatic carbocycles. The summed E-state index contributed by atoms with van der Waals surface area (Å²) >= 11 is 1.67. The first-order valence-electron chi connectivity index (χ1n) is 9.88. The van der Waals surface area contributed by atoms with Gasteiger partial charge in [-0.2, -0.15) is 0 Å². The lowest BCUT2D eigenvalue weighted by Gasteiger charge is -2.30. The molecule has 1 aromatic rings. The maximum Gasteiger partial charge on any atom is 0.329 e. The molecule has 1 amide bonds. The van der Waals surface area contributed by atoms with Crippen molar-refractivity contribution in [1.29, 1.82) is 0 Å².